The van der Waals surface area contributed by atoms with E-state index in [4.69, 9.17) is 24.7 Å². The Morgan fingerprint density at radius 3 is 2.54 bits per heavy atom. The number of ether oxygens (including phenoxy) is 4. The minimum absolute atomic E-state index is 0.234. The highest BCUT2D eigenvalue weighted by atomic mass is 16.5. The Bertz CT molecular complexity index is 557. The third kappa shape index (κ3) is 4.75. The number of rotatable bonds is 7. The van der Waals surface area contributed by atoms with Crippen molar-refractivity contribution < 1.29 is 18.9 Å². The molecule has 1 aliphatic heterocycles. The lowest BCUT2D eigenvalue weighted by atomic mass is 9.94. The SMILES string of the molecule is COc1ccc(CN=C(N)NCC2(OC)CCOCC2)cc1OC. The van der Waals surface area contributed by atoms with Crippen LogP contribution in [0.2, 0.25) is 0 Å². The first-order valence-corrected chi connectivity index (χ1v) is 8.00. The first kappa shape index (κ1) is 18.4. The van der Waals surface area contributed by atoms with Gasteiger partial charge in [-0.05, 0) is 17.7 Å². The fraction of sp³-hybridized carbons (Fsp3) is 0.588. The summed E-state index contributed by atoms with van der Waals surface area (Å²) in [6.07, 6.45) is 1.69. The van der Waals surface area contributed by atoms with E-state index in [9.17, 15) is 0 Å². The molecule has 1 aromatic carbocycles. The molecule has 1 aliphatic rings. The quantitative estimate of drug-likeness (QED) is 0.576. The summed E-state index contributed by atoms with van der Waals surface area (Å²) < 4.78 is 21.6. The zero-order chi connectivity index (χ0) is 17.4. The summed E-state index contributed by atoms with van der Waals surface area (Å²) in [5.41, 5.74) is 6.73. The first-order chi connectivity index (χ1) is 11.6. The lowest BCUT2D eigenvalue weighted by Crippen LogP contribution is -2.49. The minimum Gasteiger partial charge on any atom is -0.493 e. The molecule has 1 fully saturated rings. The fourth-order valence-corrected chi connectivity index (χ4v) is 2.66. The van der Waals surface area contributed by atoms with E-state index in [0.717, 1.165) is 18.4 Å². The average molecular weight is 337 g/mol. The number of methoxy groups -OCH3 is 3. The van der Waals surface area contributed by atoms with Gasteiger partial charge in [-0.1, -0.05) is 6.07 Å². The van der Waals surface area contributed by atoms with E-state index in [1.807, 2.05) is 18.2 Å². The minimum atomic E-state index is -0.234. The zero-order valence-corrected chi connectivity index (χ0v) is 14.6. The number of hydrogen-bond acceptors (Lipinski definition) is 5. The van der Waals surface area contributed by atoms with Crippen molar-refractivity contribution in [2.45, 2.75) is 25.0 Å². The summed E-state index contributed by atoms with van der Waals surface area (Å²) in [6.45, 7) is 2.49. The van der Waals surface area contributed by atoms with Crippen LogP contribution in [0.1, 0.15) is 18.4 Å². The standard InChI is InChI=1S/C17H27N3O4/c1-21-14-5-4-13(10-15(14)22-2)11-19-16(18)20-12-17(23-3)6-8-24-9-7-17/h4-5,10H,6-9,11-12H2,1-3H3,(H3,18,19,20). The molecule has 1 saturated heterocycles. The van der Waals surface area contributed by atoms with Crippen LogP contribution < -0.4 is 20.5 Å². The first-order valence-electron chi connectivity index (χ1n) is 8.00. The van der Waals surface area contributed by atoms with E-state index in [1.165, 1.54) is 0 Å². The molecule has 24 heavy (non-hydrogen) atoms. The molecule has 0 spiro atoms. The zero-order valence-electron chi connectivity index (χ0n) is 14.6. The maximum absolute atomic E-state index is 5.98. The number of nitrogens with zero attached hydrogens (tertiary/aromatic N) is 1. The summed E-state index contributed by atoms with van der Waals surface area (Å²) in [6, 6.07) is 5.69. The number of guanidine groups is 1. The van der Waals surface area contributed by atoms with Crippen LogP contribution in [0, 0.1) is 0 Å². The van der Waals surface area contributed by atoms with Gasteiger partial charge in [-0.2, -0.15) is 0 Å². The van der Waals surface area contributed by atoms with Gasteiger partial charge < -0.3 is 30.0 Å². The molecular formula is C17H27N3O4. The predicted molar refractivity (Wildman–Crippen MR) is 92.7 cm³/mol. The lowest BCUT2D eigenvalue weighted by Gasteiger charge is -2.36. The van der Waals surface area contributed by atoms with Crippen molar-refractivity contribution in [2.75, 3.05) is 41.1 Å². The Labute approximate surface area is 143 Å². The smallest absolute Gasteiger partial charge is 0.189 e. The van der Waals surface area contributed by atoms with Gasteiger partial charge in [-0.25, -0.2) is 4.99 Å². The molecule has 0 unspecified atom stereocenters. The number of hydrogen-bond donors (Lipinski definition) is 2. The second-order valence-electron chi connectivity index (χ2n) is 5.74. The van der Waals surface area contributed by atoms with Crippen LogP contribution in [0.15, 0.2) is 23.2 Å². The molecule has 0 bridgehead atoms. The van der Waals surface area contributed by atoms with Gasteiger partial charge >= 0.3 is 0 Å². The predicted octanol–water partition coefficient (Wildman–Crippen LogP) is 1.30. The van der Waals surface area contributed by atoms with Gasteiger partial charge in [0.25, 0.3) is 0 Å². The topological polar surface area (TPSA) is 87.3 Å². The molecule has 2 rings (SSSR count). The van der Waals surface area contributed by atoms with Gasteiger partial charge in [0, 0.05) is 39.7 Å². The second-order valence-corrected chi connectivity index (χ2v) is 5.74. The molecule has 1 heterocycles. The van der Waals surface area contributed by atoms with Crippen molar-refractivity contribution in [3.63, 3.8) is 0 Å². The number of nitrogens with one attached hydrogen (secondary N) is 1. The molecule has 0 aliphatic carbocycles. The fourth-order valence-electron chi connectivity index (χ4n) is 2.66. The molecule has 0 amide bonds. The Hall–Kier alpha value is -1.99. The average Bonchev–Trinajstić information content (AvgIpc) is 2.65. The Balaban J connectivity index is 1.91. The molecule has 0 saturated carbocycles. The van der Waals surface area contributed by atoms with Crippen molar-refractivity contribution in [2.24, 2.45) is 10.7 Å². The lowest BCUT2D eigenvalue weighted by molar-refractivity contribution is -0.0855. The number of benzene rings is 1. The van der Waals surface area contributed by atoms with E-state index in [2.05, 4.69) is 10.3 Å². The van der Waals surface area contributed by atoms with E-state index >= 15 is 0 Å². The van der Waals surface area contributed by atoms with E-state index in [0.29, 0.717) is 43.8 Å². The van der Waals surface area contributed by atoms with Gasteiger partial charge in [-0.15, -0.1) is 0 Å². The van der Waals surface area contributed by atoms with E-state index in [1.54, 1.807) is 21.3 Å². The van der Waals surface area contributed by atoms with Crippen LogP contribution in [-0.4, -0.2) is 52.6 Å². The highest BCUT2D eigenvalue weighted by Gasteiger charge is 2.32. The maximum atomic E-state index is 5.98. The van der Waals surface area contributed by atoms with Crippen LogP contribution in [0.3, 0.4) is 0 Å². The largest absolute Gasteiger partial charge is 0.493 e. The molecule has 134 valence electrons. The normalized spacial score (nSPS) is 17.4. The highest BCUT2D eigenvalue weighted by molar-refractivity contribution is 5.77. The summed E-state index contributed by atoms with van der Waals surface area (Å²) in [4.78, 5) is 4.38. The molecular weight excluding hydrogens is 310 g/mol. The monoisotopic (exact) mass is 337 g/mol. The maximum Gasteiger partial charge on any atom is 0.189 e. The third-order valence-corrected chi connectivity index (χ3v) is 4.31. The van der Waals surface area contributed by atoms with Crippen molar-refractivity contribution in [3.8, 4) is 11.5 Å². The van der Waals surface area contributed by atoms with Crippen molar-refractivity contribution in [3.05, 3.63) is 23.8 Å². The Kier molecular flexibility index (Phi) is 6.69. The van der Waals surface area contributed by atoms with Gasteiger partial charge in [0.05, 0.1) is 26.4 Å². The number of aliphatic imine (C=N–C) groups is 1. The third-order valence-electron chi connectivity index (χ3n) is 4.31. The number of nitrogens with two attached hydrogens (primary N) is 1. The molecule has 0 aromatic heterocycles. The Morgan fingerprint density at radius 1 is 1.21 bits per heavy atom. The highest BCUT2D eigenvalue weighted by Crippen LogP contribution is 2.27. The van der Waals surface area contributed by atoms with Crippen LogP contribution in [0.25, 0.3) is 0 Å². The van der Waals surface area contributed by atoms with Crippen molar-refractivity contribution in [1.82, 2.24) is 5.32 Å². The summed E-state index contributed by atoms with van der Waals surface area (Å²) in [5.74, 6) is 1.77. The summed E-state index contributed by atoms with van der Waals surface area (Å²) >= 11 is 0. The molecule has 7 nitrogen and oxygen atoms in total. The van der Waals surface area contributed by atoms with Crippen molar-refractivity contribution in [1.29, 1.82) is 0 Å². The van der Waals surface area contributed by atoms with Gasteiger partial charge in [0.2, 0.25) is 0 Å². The Morgan fingerprint density at radius 2 is 1.92 bits per heavy atom. The van der Waals surface area contributed by atoms with E-state index < -0.39 is 0 Å². The van der Waals surface area contributed by atoms with E-state index in [-0.39, 0.29) is 5.60 Å². The molecule has 0 atom stereocenters. The van der Waals surface area contributed by atoms with Gasteiger partial charge in [0.1, 0.15) is 0 Å². The summed E-state index contributed by atoms with van der Waals surface area (Å²) in [5, 5.41) is 3.16. The van der Waals surface area contributed by atoms with Crippen LogP contribution in [0.4, 0.5) is 0 Å². The molecule has 3 N–H and O–H groups in total. The molecule has 1 aromatic rings. The van der Waals surface area contributed by atoms with Gasteiger partial charge in [-0.3, -0.25) is 0 Å². The summed E-state index contributed by atoms with van der Waals surface area (Å²) in [7, 11) is 4.95. The van der Waals surface area contributed by atoms with Crippen molar-refractivity contribution >= 4 is 5.96 Å². The van der Waals surface area contributed by atoms with Crippen LogP contribution in [0.5, 0.6) is 11.5 Å². The molecule has 7 heteroatoms. The van der Waals surface area contributed by atoms with Crippen LogP contribution in [-0.2, 0) is 16.0 Å². The van der Waals surface area contributed by atoms with Gasteiger partial charge in [0.15, 0.2) is 17.5 Å². The second kappa shape index (κ2) is 8.75. The molecule has 0 radical (unpaired) electrons. The van der Waals surface area contributed by atoms with Crippen LogP contribution >= 0.6 is 0 Å².